The van der Waals surface area contributed by atoms with E-state index in [1.807, 2.05) is 30.3 Å². The third-order valence-corrected chi connectivity index (χ3v) is 4.30. The van der Waals surface area contributed by atoms with Gasteiger partial charge in [0.05, 0.1) is 6.61 Å². The molecular weight excluding hydrogens is 392 g/mol. The van der Waals surface area contributed by atoms with Gasteiger partial charge >= 0.3 is 5.97 Å². The van der Waals surface area contributed by atoms with Crippen LogP contribution in [0.4, 0.5) is 11.6 Å². The summed E-state index contributed by atoms with van der Waals surface area (Å²) >= 11 is 0. The highest BCUT2D eigenvalue weighted by atomic mass is 16.5. The second-order valence-corrected chi connectivity index (χ2v) is 6.61. The van der Waals surface area contributed by atoms with Crippen LogP contribution in [0, 0.1) is 0 Å². The molecule has 7 nitrogen and oxygen atoms in total. The summed E-state index contributed by atoms with van der Waals surface area (Å²) in [6, 6.07) is 16.7. The van der Waals surface area contributed by atoms with Crippen molar-refractivity contribution in [1.82, 2.24) is 15.3 Å². The van der Waals surface area contributed by atoms with E-state index in [0.29, 0.717) is 31.1 Å². The first kappa shape index (κ1) is 21.7. The molecule has 0 aliphatic heterocycles. The van der Waals surface area contributed by atoms with Crippen LogP contribution >= 0.6 is 0 Å². The number of aromatic nitrogens is 2. The van der Waals surface area contributed by atoms with Gasteiger partial charge in [0, 0.05) is 36.3 Å². The first-order valence-electron chi connectivity index (χ1n) is 10.00. The Balaban J connectivity index is 1.53. The molecule has 0 aliphatic carbocycles. The molecule has 7 heteroatoms. The minimum atomic E-state index is -0.365. The lowest BCUT2D eigenvalue weighted by Gasteiger charge is -2.08. The molecule has 3 rings (SSSR count). The number of benzene rings is 2. The first-order valence-corrected chi connectivity index (χ1v) is 10.00. The largest absolute Gasteiger partial charge is 0.463 e. The number of nitrogens with one attached hydrogen (secondary N) is 2. The molecule has 0 spiro atoms. The van der Waals surface area contributed by atoms with Crippen LogP contribution < -0.4 is 10.6 Å². The van der Waals surface area contributed by atoms with Crippen LogP contribution in [0.15, 0.2) is 73.1 Å². The molecule has 2 aromatic carbocycles. The van der Waals surface area contributed by atoms with E-state index in [9.17, 15) is 9.59 Å². The van der Waals surface area contributed by atoms with E-state index in [-0.39, 0.29) is 11.9 Å². The molecule has 1 aromatic heterocycles. The fourth-order valence-corrected chi connectivity index (χ4v) is 2.86. The van der Waals surface area contributed by atoms with E-state index >= 15 is 0 Å². The summed E-state index contributed by atoms with van der Waals surface area (Å²) in [4.78, 5) is 32.2. The number of hydrogen-bond donors (Lipinski definition) is 2. The predicted molar refractivity (Wildman–Crippen MR) is 120 cm³/mol. The highest BCUT2D eigenvalue weighted by Gasteiger charge is 2.07. The highest BCUT2D eigenvalue weighted by Crippen LogP contribution is 2.14. The van der Waals surface area contributed by atoms with Gasteiger partial charge in [-0.05, 0) is 54.8 Å². The smallest absolute Gasteiger partial charge is 0.330 e. The molecule has 2 N–H and O–H groups in total. The second kappa shape index (κ2) is 11.3. The topological polar surface area (TPSA) is 93.2 Å². The van der Waals surface area contributed by atoms with E-state index in [1.54, 1.807) is 49.7 Å². The fraction of sp³-hybridized carbons (Fsp3) is 0.167. The summed E-state index contributed by atoms with van der Waals surface area (Å²) < 4.78 is 4.88. The van der Waals surface area contributed by atoms with Crippen molar-refractivity contribution in [2.24, 2.45) is 0 Å². The van der Waals surface area contributed by atoms with Gasteiger partial charge in [0.2, 0.25) is 5.95 Å². The van der Waals surface area contributed by atoms with Crippen molar-refractivity contribution in [3.63, 3.8) is 0 Å². The molecule has 3 aromatic rings. The van der Waals surface area contributed by atoms with Crippen molar-refractivity contribution in [2.75, 3.05) is 18.5 Å². The molecular formula is C24H24N4O3. The average molecular weight is 416 g/mol. The van der Waals surface area contributed by atoms with Crippen molar-refractivity contribution in [1.29, 1.82) is 0 Å². The number of esters is 1. The number of ether oxygens (including phenoxy) is 1. The van der Waals surface area contributed by atoms with Gasteiger partial charge in [-0.25, -0.2) is 14.8 Å². The van der Waals surface area contributed by atoms with Crippen LogP contribution in [0.1, 0.15) is 28.4 Å². The number of nitrogens with zero attached hydrogens (tertiary/aromatic N) is 2. The Bertz CT molecular complexity index is 1050. The van der Waals surface area contributed by atoms with E-state index in [1.165, 1.54) is 6.08 Å². The Morgan fingerprint density at radius 1 is 1.03 bits per heavy atom. The molecule has 0 saturated heterocycles. The summed E-state index contributed by atoms with van der Waals surface area (Å²) in [6.07, 6.45) is 7.09. The van der Waals surface area contributed by atoms with Crippen LogP contribution in [0.5, 0.6) is 0 Å². The summed E-state index contributed by atoms with van der Waals surface area (Å²) in [5.74, 6) is -0.0522. The normalized spacial score (nSPS) is 10.6. The van der Waals surface area contributed by atoms with Gasteiger partial charge in [-0.3, -0.25) is 4.79 Å². The van der Waals surface area contributed by atoms with E-state index in [2.05, 4.69) is 20.6 Å². The molecule has 0 fully saturated rings. The zero-order valence-corrected chi connectivity index (χ0v) is 17.2. The third-order valence-electron chi connectivity index (χ3n) is 4.30. The summed E-state index contributed by atoms with van der Waals surface area (Å²) in [5, 5.41) is 6.01. The summed E-state index contributed by atoms with van der Waals surface area (Å²) in [5.41, 5.74) is 3.24. The number of anilines is 2. The predicted octanol–water partition coefficient (Wildman–Crippen LogP) is 3.77. The standard InChI is InChI=1S/C24H24N4O3/c1-2-31-22(29)11-10-18-6-3-7-19(16-18)12-15-25-23(30)20-8-4-9-21(17-20)28-24-26-13-5-14-27-24/h3-11,13-14,16-17H,2,12,15H2,1H3,(H,25,30)(H,26,27,28). The average Bonchev–Trinajstić information content (AvgIpc) is 2.79. The molecule has 0 bridgehead atoms. The number of hydrogen-bond acceptors (Lipinski definition) is 6. The molecule has 0 atom stereocenters. The lowest BCUT2D eigenvalue weighted by Crippen LogP contribution is -2.25. The van der Waals surface area contributed by atoms with Crippen LogP contribution in [0.25, 0.3) is 6.08 Å². The number of carbonyl (C=O) groups excluding carboxylic acids is 2. The van der Waals surface area contributed by atoms with Crippen molar-refractivity contribution in [3.8, 4) is 0 Å². The van der Waals surface area contributed by atoms with Crippen molar-refractivity contribution < 1.29 is 14.3 Å². The number of rotatable bonds is 9. The second-order valence-electron chi connectivity index (χ2n) is 6.61. The van der Waals surface area contributed by atoms with Gasteiger partial charge in [0.15, 0.2) is 0 Å². The Hall–Kier alpha value is -4.00. The molecule has 158 valence electrons. The Labute approximate surface area is 181 Å². The molecule has 0 unspecified atom stereocenters. The minimum Gasteiger partial charge on any atom is -0.463 e. The summed E-state index contributed by atoms with van der Waals surface area (Å²) in [7, 11) is 0. The maximum Gasteiger partial charge on any atom is 0.330 e. The van der Waals surface area contributed by atoms with Gasteiger partial charge in [-0.2, -0.15) is 0 Å². The van der Waals surface area contributed by atoms with Gasteiger partial charge in [-0.1, -0.05) is 30.3 Å². The Kier molecular flexibility index (Phi) is 7.88. The van der Waals surface area contributed by atoms with Gasteiger partial charge in [-0.15, -0.1) is 0 Å². The SMILES string of the molecule is CCOC(=O)C=Cc1cccc(CCNC(=O)c2cccc(Nc3ncccn3)c2)c1. The lowest BCUT2D eigenvalue weighted by atomic mass is 10.1. The maximum atomic E-state index is 12.5. The molecule has 1 heterocycles. The number of amides is 1. The van der Waals surface area contributed by atoms with Gasteiger partial charge in [0.1, 0.15) is 0 Å². The van der Waals surface area contributed by atoms with Crippen molar-refractivity contribution >= 4 is 29.6 Å². The molecule has 31 heavy (non-hydrogen) atoms. The lowest BCUT2D eigenvalue weighted by molar-refractivity contribution is -0.137. The van der Waals surface area contributed by atoms with E-state index in [0.717, 1.165) is 16.8 Å². The maximum absolute atomic E-state index is 12.5. The van der Waals surface area contributed by atoms with E-state index in [4.69, 9.17) is 4.74 Å². The third kappa shape index (κ3) is 7.08. The first-order chi connectivity index (χ1) is 15.1. The number of carbonyl (C=O) groups is 2. The Morgan fingerprint density at radius 2 is 1.84 bits per heavy atom. The van der Waals surface area contributed by atoms with Gasteiger partial charge in [0.25, 0.3) is 5.91 Å². The molecule has 0 saturated carbocycles. The quantitative estimate of drug-likeness (QED) is 0.407. The fourth-order valence-electron chi connectivity index (χ4n) is 2.86. The Morgan fingerprint density at radius 3 is 2.65 bits per heavy atom. The molecule has 1 amide bonds. The van der Waals surface area contributed by atoms with Crippen LogP contribution in [-0.2, 0) is 16.0 Å². The van der Waals surface area contributed by atoms with Crippen LogP contribution in [0.3, 0.4) is 0 Å². The van der Waals surface area contributed by atoms with Gasteiger partial charge < -0.3 is 15.4 Å². The molecule has 0 aliphatic rings. The monoisotopic (exact) mass is 416 g/mol. The van der Waals surface area contributed by atoms with Crippen LogP contribution in [0.2, 0.25) is 0 Å². The van der Waals surface area contributed by atoms with Crippen LogP contribution in [-0.4, -0.2) is 35.0 Å². The van der Waals surface area contributed by atoms with Crippen molar-refractivity contribution in [3.05, 3.63) is 89.8 Å². The summed E-state index contributed by atoms with van der Waals surface area (Å²) in [6.45, 7) is 2.61. The minimum absolute atomic E-state index is 0.156. The molecule has 0 radical (unpaired) electrons. The zero-order chi connectivity index (χ0) is 21.9. The zero-order valence-electron chi connectivity index (χ0n) is 17.2. The van der Waals surface area contributed by atoms with Crippen molar-refractivity contribution in [2.45, 2.75) is 13.3 Å². The highest BCUT2D eigenvalue weighted by molar-refractivity contribution is 5.95. The van der Waals surface area contributed by atoms with E-state index < -0.39 is 0 Å².